The van der Waals surface area contributed by atoms with Gasteiger partial charge >= 0.3 is 0 Å². The van der Waals surface area contributed by atoms with Crippen molar-refractivity contribution in [2.24, 2.45) is 0 Å². The van der Waals surface area contributed by atoms with E-state index in [0.29, 0.717) is 10.6 Å². The molecule has 4 heteroatoms. The summed E-state index contributed by atoms with van der Waals surface area (Å²) in [5.41, 5.74) is 9.23. The lowest BCUT2D eigenvalue weighted by Crippen LogP contribution is -1.86. The van der Waals surface area contributed by atoms with Crippen molar-refractivity contribution < 1.29 is 0 Å². The largest absolute Gasteiger partial charge is 0.397 e. The summed E-state index contributed by atoms with van der Waals surface area (Å²) in [7, 11) is 0. The minimum atomic E-state index is 0.649. The van der Waals surface area contributed by atoms with E-state index in [4.69, 9.17) is 11.0 Å². The number of thiophene rings is 2. The summed E-state index contributed by atoms with van der Waals surface area (Å²) in [6.07, 6.45) is 6.38. The SMILES string of the molecule is Cc1c(-c2cc3c(s2)CCCCC3)sc(C#N)c1N. The lowest BCUT2D eigenvalue weighted by Gasteiger charge is -1.96. The third kappa shape index (κ3) is 2.18. The van der Waals surface area contributed by atoms with Crippen molar-refractivity contribution in [3.63, 3.8) is 0 Å². The Kier molecular flexibility index (Phi) is 3.34. The topological polar surface area (TPSA) is 49.8 Å². The van der Waals surface area contributed by atoms with Crippen LogP contribution in [0, 0.1) is 18.3 Å². The average Bonchev–Trinajstić information content (AvgIpc) is 2.85. The maximum absolute atomic E-state index is 9.09. The van der Waals surface area contributed by atoms with Crippen molar-refractivity contribution in [2.45, 2.75) is 39.0 Å². The number of nitriles is 1. The molecule has 0 atom stereocenters. The van der Waals surface area contributed by atoms with Crippen LogP contribution in [0.4, 0.5) is 5.69 Å². The molecular weight excluding hydrogens is 272 g/mol. The minimum absolute atomic E-state index is 0.649. The van der Waals surface area contributed by atoms with E-state index in [1.165, 1.54) is 63.6 Å². The number of nitrogens with two attached hydrogens (primary N) is 1. The molecule has 2 nitrogen and oxygen atoms in total. The monoisotopic (exact) mass is 288 g/mol. The van der Waals surface area contributed by atoms with E-state index in [9.17, 15) is 0 Å². The molecular formula is C15H16N2S2. The van der Waals surface area contributed by atoms with Crippen LogP contribution in [0.25, 0.3) is 9.75 Å². The van der Waals surface area contributed by atoms with E-state index >= 15 is 0 Å². The first kappa shape index (κ1) is 12.7. The zero-order valence-electron chi connectivity index (χ0n) is 11.0. The summed E-state index contributed by atoms with van der Waals surface area (Å²) in [6.45, 7) is 2.02. The van der Waals surface area contributed by atoms with E-state index < -0.39 is 0 Å². The van der Waals surface area contributed by atoms with Gasteiger partial charge in [0.25, 0.3) is 0 Å². The first-order valence-electron chi connectivity index (χ1n) is 6.61. The van der Waals surface area contributed by atoms with Gasteiger partial charge in [0.2, 0.25) is 0 Å². The van der Waals surface area contributed by atoms with Gasteiger partial charge in [-0.25, -0.2) is 0 Å². The Balaban J connectivity index is 2.06. The van der Waals surface area contributed by atoms with Crippen molar-refractivity contribution >= 4 is 28.4 Å². The molecule has 0 aromatic carbocycles. The van der Waals surface area contributed by atoms with Gasteiger partial charge in [0, 0.05) is 9.75 Å². The highest BCUT2D eigenvalue weighted by Crippen LogP contribution is 2.43. The maximum atomic E-state index is 9.09. The molecule has 2 aromatic rings. The van der Waals surface area contributed by atoms with Crippen LogP contribution in [-0.2, 0) is 12.8 Å². The molecule has 1 aliphatic rings. The predicted octanol–water partition coefficient (Wildman–Crippen LogP) is 4.51. The normalized spacial score (nSPS) is 14.7. The molecule has 0 fully saturated rings. The van der Waals surface area contributed by atoms with Gasteiger partial charge in [0.1, 0.15) is 10.9 Å². The van der Waals surface area contributed by atoms with Crippen LogP contribution in [0.15, 0.2) is 6.07 Å². The van der Waals surface area contributed by atoms with Crippen LogP contribution in [0.2, 0.25) is 0 Å². The molecule has 98 valence electrons. The van der Waals surface area contributed by atoms with Crippen molar-refractivity contribution in [3.05, 3.63) is 26.9 Å². The highest BCUT2D eigenvalue weighted by Gasteiger charge is 2.18. The fourth-order valence-corrected chi connectivity index (χ4v) is 5.06. The number of nitrogens with zero attached hydrogens (tertiary/aromatic N) is 1. The second-order valence-electron chi connectivity index (χ2n) is 5.03. The van der Waals surface area contributed by atoms with Crippen LogP contribution in [-0.4, -0.2) is 0 Å². The molecule has 0 radical (unpaired) electrons. The van der Waals surface area contributed by atoms with E-state index in [0.717, 1.165) is 5.56 Å². The Labute approximate surface area is 121 Å². The first-order chi connectivity index (χ1) is 9.20. The summed E-state index contributed by atoms with van der Waals surface area (Å²) >= 11 is 3.43. The van der Waals surface area contributed by atoms with Crippen molar-refractivity contribution in [1.82, 2.24) is 0 Å². The molecule has 0 saturated heterocycles. The second kappa shape index (κ2) is 4.99. The fourth-order valence-electron chi connectivity index (χ4n) is 2.62. The first-order valence-corrected chi connectivity index (χ1v) is 8.25. The summed E-state index contributed by atoms with van der Waals surface area (Å²) in [6, 6.07) is 4.52. The van der Waals surface area contributed by atoms with E-state index in [2.05, 4.69) is 12.1 Å². The number of fused-ring (bicyclic) bond motifs is 1. The molecule has 0 bridgehead atoms. The number of nitrogen functional groups attached to an aromatic ring is 1. The van der Waals surface area contributed by atoms with Gasteiger partial charge in [-0.2, -0.15) is 5.26 Å². The molecule has 1 aliphatic carbocycles. The fraction of sp³-hybridized carbons (Fsp3) is 0.400. The Morgan fingerprint density at radius 3 is 2.74 bits per heavy atom. The van der Waals surface area contributed by atoms with Crippen LogP contribution in [0.1, 0.15) is 40.1 Å². The highest BCUT2D eigenvalue weighted by atomic mass is 32.1. The van der Waals surface area contributed by atoms with E-state index in [-0.39, 0.29) is 0 Å². The van der Waals surface area contributed by atoms with Gasteiger partial charge in [-0.3, -0.25) is 0 Å². The highest BCUT2D eigenvalue weighted by molar-refractivity contribution is 7.23. The van der Waals surface area contributed by atoms with Gasteiger partial charge in [0.15, 0.2) is 0 Å². The molecule has 2 aromatic heterocycles. The third-order valence-corrected chi connectivity index (χ3v) is 6.39. The Bertz CT molecular complexity index is 635. The molecule has 0 spiro atoms. The van der Waals surface area contributed by atoms with Crippen LogP contribution in [0.5, 0.6) is 0 Å². The summed E-state index contributed by atoms with van der Waals surface area (Å²) in [4.78, 5) is 4.67. The van der Waals surface area contributed by atoms with Gasteiger partial charge in [0.05, 0.1) is 10.6 Å². The van der Waals surface area contributed by atoms with Gasteiger partial charge in [-0.1, -0.05) is 6.42 Å². The summed E-state index contributed by atoms with van der Waals surface area (Å²) in [5.74, 6) is 0. The molecule has 0 amide bonds. The molecule has 0 unspecified atom stereocenters. The summed E-state index contributed by atoms with van der Waals surface area (Å²) < 4.78 is 0. The lowest BCUT2D eigenvalue weighted by atomic mass is 10.1. The molecule has 19 heavy (non-hydrogen) atoms. The lowest BCUT2D eigenvalue weighted by molar-refractivity contribution is 0.713. The summed E-state index contributed by atoms with van der Waals surface area (Å²) in [5, 5.41) is 9.09. The molecule has 0 saturated carbocycles. The zero-order valence-corrected chi connectivity index (χ0v) is 12.6. The molecule has 3 rings (SSSR count). The average molecular weight is 288 g/mol. The van der Waals surface area contributed by atoms with Crippen molar-refractivity contribution in [2.75, 3.05) is 5.73 Å². The van der Waals surface area contributed by atoms with Crippen molar-refractivity contribution in [3.8, 4) is 15.8 Å². The van der Waals surface area contributed by atoms with E-state index in [1.807, 2.05) is 18.3 Å². The second-order valence-corrected chi connectivity index (χ2v) is 7.19. The van der Waals surface area contributed by atoms with Gasteiger partial charge < -0.3 is 5.73 Å². The van der Waals surface area contributed by atoms with Crippen LogP contribution in [0.3, 0.4) is 0 Å². The zero-order chi connectivity index (χ0) is 13.4. The Morgan fingerprint density at radius 2 is 2.00 bits per heavy atom. The molecule has 2 heterocycles. The number of rotatable bonds is 1. The van der Waals surface area contributed by atoms with Crippen LogP contribution >= 0.6 is 22.7 Å². The number of hydrogen-bond donors (Lipinski definition) is 1. The van der Waals surface area contributed by atoms with Crippen molar-refractivity contribution in [1.29, 1.82) is 5.26 Å². The number of hydrogen-bond acceptors (Lipinski definition) is 4. The maximum Gasteiger partial charge on any atom is 0.128 e. The third-order valence-electron chi connectivity index (χ3n) is 3.77. The predicted molar refractivity (Wildman–Crippen MR) is 82.8 cm³/mol. The van der Waals surface area contributed by atoms with E-state index in [1.54, 1.807) is 0 Å². The quantitative estimate of drug-likeness (QED) is 0.785. The standard InChI is InChI=1S/C15H16N2S2/c1-9-14(17)13(8-16)19-15(9)12-7-10-5-3-2-4-6-11(10)18-12/h7H,2-6,17H2,1H3. The molecule has 2 N–H and O–H groups in total. The van der Waals surface area contributed by atoms with Gasteiger partial charge in [-0.05, 0) is 49.8 Å². The number of aryl methyl sites for hydroxylation is 2. The Hall–Kier alpha value is -1.31. The smallest absolute Gasteiger partial charge is 0.128 e. The van der Waals surface area contributed by atoms with Crippen LogP contribution < -0.4 is 5.73 Å². The Morgan fingerprint density at radius 1 is 1.21 bits per heavy atom. The van der Waals surface area contributed by atoms with Gasteiger partial charge in [-0.15, -0.1) is 22.7 Å². The number of anilines is 1. The minimum Gasteiger partial charge on any atom is -0.397 e. The molecule has 0 aliphatic heterocycles.